The van der Waals surface area contributed by atoms with Crippen LogP contribution < -0.4 is 16.3 Å². The molecule has 4 nitrogen and oxygen atoms in total. The molecule has 4 bridgehead atoms. The molecule has 2 aromatic rings. The predicted octanol–water partition coefficient (Wildman–Crippen LogP) is 1.21. The molecule has 0 amide bonds. The topological polar surface area (TPSA) is 35.7 Å². The fourth-order valence-electron chi connectivity index (χ4n) is 4.97. The van der Waals surface area contributed by atoms with E-state index in [1.807, 2.05) is 0 Å². The smallest absolute Gasteiger partial charge is 0.0530 e. The minimum Gasteiger partial charge on any atom is -0.323 e. The summed E-state index contributed by atoms with van der Waals surface area (Å²) in [6.07, 6.45) is 0. The van der Waals surface area contributed by atoms with Gasteiger partial charge in [-0.3, -0.25) is 14.7 Å². The van der Waals surface area contributed by atoms with Crippen LogP contribution in [0.2, 0.25) is 0 Å². The Bertz CT molecular complexity index is 661. The Balaban J connectivity index is 1.55. The number of nitrogens with two attached hydrogens (primary N) is 1. The van der Waals surface area contributed by atoms with E-state index >= 15 is 0 Å². The molecular formula is C20H25N4P. The largest absolute Gasteiger partial charge is 0.323 e. The molecule has 4 aliphatic heterocycles. The molecule has 130 valence electrons. The monoisotopic (exact) mass is 352 g/mol. The molecule has 0 spiro atoms. The second kappa shape index (κ2) is 6.15. The third-order valence-electron chi connectivity index (χ3n) is 5.79. The summed E-state index contributed by atoms with van der Waals surface area (Å²) in [5, 5.41) is 2.79. The van der Waals surface area contributed by atoms with E-state index in [0.717, 1.165) is 39.6 Å². The molecule has 1 atom stereocenters. The van der Waals surface area contributed by atoms with Crippen LogP contribution in [-0.4, -0.2) is 60.1 Å². The molecule has 25 heavy (non-hydrogen) atoms. The van der Waals surface area contributed by atoms with Gasteiger partial charge in [0.05, 0.1) is 20.0 Å². The van der Waals surface area contributed by atoms with Crippen LogP contribution in [0.3, 0.4) is 0 Å². The first-order valence-corrected chi connectivity index (χ1v) is 10.5. The van der Waals surface area contributed by atoms with Crippen LogP contribution in [0.5, 0.6) is 0 Å². The van der Waals surface area contributed by atoms with Crippen molar-refractivity contribution in [2.45, 2.75) is 5.78 Å². The molecule has 0 aliphatic carbocycles. The molecule has 5 heteroatoms. The van der Waals surface area contributed by atoms with Crippen LogP contribution in [0.4, 0.5) is 0 Å². The van der Waals surface area contributed by atoms with Crippen molar-refractivity contribution in [3.63, 3.8) is 0 Å². The van der Waals surface area contributed by atoms with Crippen molar-refractivity contribution in [3.05, 3.63) is 60.7 Å². The molecule has 2 N–H and O–H groups in total. The lowest BCUT2D eigenvalue weighted by Crippen LogP contribution is -2.76. The zero-order valence-corrected chi connectivity index (χ0v) is 15.4. The van der Waals surface area contributed by atoms with E-state index in [2.05, 4.69) is 75.4 Å². The Morgan fingerprint density at radius 2 is 1.12 bits per heavy atom. The highest BCUT2D eigenvalue weighted by atomic mass is 31.1. The first-order valence-electron chi connectivity index (χ1n) is 9.06. The van der Waals surface area contributed by atoms with Gasteiger partial charge < -0.3 is 5.73 Å². The van der Waals surface area contributed by atoms with Crippen molar-refractivity contribution in [2.24, 2.45) is 11.1 Å². The molecule has 4 fully saturated rings. The highest BCUT2D eigenvalue weighted by Gasteiger charge is 2.53. The van der Waals surface area contributed by atoms with E-state index in [9.17, 15) is 0 Å². The summed E-state index contributed by atoms with van der Waals surface area (Å²) >= 11 is 0. The number of hydrogen-bond donors (Lipinski definition) is 1. The average molecular weight is 352 g/mol. The summed E-state index contributed by atoms with van der Waals surface area (Å²) in [4.78, 5) is 7.71. The van der Waals surface area contributed by atoms with Crippen molar-refractivity contribution in [2.75, 3.05) is 39.6 Å². The molecule has 2 aromatic carbocycles. The fourth-order valence-corrected chi connectivity index (χ4v) is 7.69. The minimum absolute atomic E-state index is 0.167. The maximum Gasteiger partial charge on any atom is 0.0530 e. The van der Waals surface area contributed by atoms with Gasteiger partial charge in [0.25, 0.3) is 0 Å². The molecular weight excluding hydrogens is 327 g/mol. The van der Waals surface area contributed by atoms with Crippen LogP contribution in [-0.2, 0) is 0 Å². The van der Waals surface area contributed by atoms with Gasteiger partial charge >= 0.3 is 0 Å². The standard InChI is InChI=1S/C20H25N4P/c21-19(20-11-22-14-23(12-20)16-24(13-20)15-22)25(17-7-3-1-4-8-17)18-9-5-2-6-10-18/h1-10,19H,11-16,21H2. The second-order valence-corrected chi connectivity index (χ2v) is 10.1. The molecule has 0 aromatic heterocycles. The minimum atomic E-state index is -0.575. The molecule has 1 unspecified atom stereocenters. The number of hydrogen-bond acceptors (Lipinski definition) is 4. The molecule has 6 rings (SSSR count). The lowest BCUT2D eigenvalue weighted by Gasteiger charge is -2.63. The van der Waals surface area contributed by atoms with Crippen molar-refractivity contribution in [1.82, 2.24) is 14.7 Å². The van der Waals surface area contributed by atoms with Gasteiger partial charge in [0, 0.05) is 30.8 Å². The van der Waals surface area contributed by atoms with Crippen molar-refractivity contribution in [3.8, 4) is 0 Å². The van der Waals surface area contributed by atoms with Crippen LogP contribution in [0, 0.1) is 5.41 Å². The van der Waals surface area contributed by atoms with Crippen LogP contribution in [0.25, 0.3) is 0 Å². The number of rotatable bonds is 4. The van der Waals surface area contributed by atoms with E-state index in [4.69, 9.17) is 5.73 Å². The Labute approximate surface area is 151 Å². The Morgan fingerprint density at radius 3 is 1.52 bits per heavy atom. The van der Waals surface area contributed by atoms with Gasteiger partial charge in [0.15, 0.2) is 0 Å². The van der Waals surface area contributed by atoms with Crippen LogP contribution in [0.1, 0.15) is 0 Å². The van der Waals surface area contributed by atoms with E-state index in [-0.39, 0.29) is 11.2 Å². The highest BCUT2D eigenvalue weighted by molar-refractivity contribution is 7.73. The van der Waals surface area contributed by atoms with Crippen molar-refractivity contribution >= 4 is 18.5 Å². The maximum atomic E-state index is 7.13. The first kappa shape index (κ1) is 15.9. The third-order valence-corrected chi connectivity index (χ3v) is 8.60. The van der Waals surface area contributed by atoms with Crippen molar-refractivity contribution < 1.29 is 0 Å². The first-order chi connectivity index (χ1) is 12.2. The molecule has 4 aliphatic rings. The van der Waals surface area contributed by atoms with Crippen molar-refractivity contribution in [1.29, 1.82) is 0 Å². The summed E-state index contributed by atoms with van der Waals surface area (Å²) in [5.74, 6) is 0.167. The maximum absolute atomic E-state index is 7.13. The third kappa shape index (κ3) is 2.73. The van der Waals surface area contributed by atoms with Crippen LogP contribution in [0.15, 0.2) is 60.7 Å². The normalized spacial score (nSPS) is 34.4. The van der Waals surface area contributed by atoms with E-state index in [1.165, 1.54) is 10.6 Å². The van der Waals surface area contributed by atoms with Gasteiger partial charge in [0.2, 0.25) is 0 Å². The van der Waals surface area contributed by atoms with E-state index in [1.54, 1.807) is 0 Å². The molecule has 4 saturated heterocycles. The van der Waals surface area contributed by atoms with E-state index in [0.29, 0.717) is 0 Å². The van der Waals surface area contributed by atoms with Gasteiger partial charge in [0.1, 0.15) is 0 Å². The van der Waals surface area contributed by atoms with Gasteiger partial charge in [-0.05, 0) is 18.5 Å². The molecule has 0 saturated carbocycles. The lowest BCUT2D eigenvalue weighted by atomic mass is 9.81. The number of nitrogens with zero attached hydrogens (tertiary/aromatic N) is 3. The summed E-state index contributed by atoms with van der Waals surface area (Å²) in [6, 6.07) is 21.8. The van der Waals surface area contributed by atoms with E-state index < -0.39 is 7.92 Å². The Hall–Kier alpha value is -1.29. The van der Waals surface area contributed by atoms with Gasteiger partial charge in [-0.15, -0.1) is 0 Å². The summed E-state index contributed by atoms with van der Waals surface area (Å²) in [6.45, 7) is 6.75. The van der Waals surface area contributed by atoms with Gasteiger partial charge in [-0.25, -0.2) is 0 Å². The second-order valence-electron chi connectivity index (χ2n) is 7.76. The SMILES string of the molecule is NC(P(c1ccccc1)c1ccccc1)C12CN3CN(CN(C3)C1)C2. The zero-order valence-electron chi connectivity index (χ0n) is 14.5. The molecule has 0 radical (unpaired) electrons. The summed E-state index contributed by atoms with van der Waals surface area (Å²) < 4.78 is 0. The summed E-state index contributed by atoms with van der Waals surface area (Å²) in [5.41, 5.74) is 7.30. The number of benzene rings is 2. The highest BCUT2D eigenvalue weighted by Crippen LogP contribution is 2.49. The fraction of sp³-hybridized carbons (Fsp3) is 0.400. The van der Waals surface area contributed by atoms with Crippen LogP contribution >= 0.6 is 7.92 Å². The quantitative estimate of drug-likeness (QED) is 0.839. The van der Waals surface area contributed by atoms with Gasteiger partial charge in [-0.1, -0.05) is 60.7 Å². The zero-order chi connectivity index (χ0) is 16.9. The average Bonchev–Trinajstić information content (AvgIpc) is 2.63. The lowest BCUT2D eigenvalue weighted by molar-refractivity contribution is -0.172. The van der Waals surface area contributed by atoms with Gasteiger partial charge in [-0.2, -0.15) is 0 Å². The predicted molar refractivity (Wildman–Crippen MR) is 104 cm³/mol. The summed E-state index contributed by atoms with van der Waals surface area (Å²) in [7, 11) is -0.575. The Kier molecular flexibility index (Phi) is 3.92. The molecule has 4 heterocycles. The Morgan fingerprint density at radius 1 is 0.720 bits per heavy atom.